The highest BCUT2D eigenvalue weighted by Crippen LogP contribution is 2.46. The average molecular weight is 221 g/mol. The molecular formula is C15H11NO. The SMILES string of the molecule is O=C1C=C2C=CC3C=CC2(N1)c1ccccc13. The van der Waals surface area contributed by atoms with Gasteiger partial charge in [-0.1, -0.05) is 48.6 Å². The molecule has 0 aromatic heterocycles. The quantitative estimate of drug-likeness (QED) is 0.668. The molecule has 0 radical (unpaired) electrons. The maximum Gasteiger partial charge on any atom is 0.245 e. The molecule has 0 saturated carbocycles. The molecule has 2 atom stereocenters. The number of hydrogen-bond donors (Lipinski definition) is 1. The van der Waals surface area contributed by atoms with E-state index in [0.717, 1.165) is 5.57 Å². The summed E-state index contributed by atoms with van der Waals surface area (Å²) in [6.45, 7) is 0. The minimum atomic E-state index is -0.419. The molecule has 3 aliphatic carbocycles. The van der Waals surface area contributed by atoms with Crippen molar-refractivity contribution in [1.82, 2.24) is 5.32 Å². The van der Waals surface area contributed by atoms with E-state index >= 15 is 0 Å². The lowest BCUT2D eigenvalue weighted by molar-refractivity contribution is -0.116. The molecule has 0 fully saturated rings. The predicted octanol–water partition coefficient (Wildman–Crippen LogP) is 2.16. The third-order valence-electron chi connectivity index (χ3n) is 3.84. The van der Waals surface area contributed by atoms with E-state index in [0.29, 0.717) is 5.92 Å². The topological polar surface area (TPSA) is 29.1 Å². The van der Waals surface area contributed by atoms with Gasteiger partial charge in [-0.3, -0.25) is 4.79 Å². The molecule has 1 amide bonds. The number of allylic oxidation sites excluding steroid dienone is 2. The Kier molecular flexibility index (Phi) is 1.47. The summed E-state index contributed by atoms with van der Waals surface area (Å²) in [7, 11) is 0. The number of nitrogens with one attached hydrogen (secondary N) is 1. The summed E-state index contributed by atoms with van der Waals surface area (Å²) >= 11 is 0. The van der Waals surface area contributed by atoms with E-state index in [1.54, 1.807) is 6.08 Å². The van der Waals surface area contributed by atoms with Crippen LogP contribution in [0.4, 0.5) is 0 Å². The molecule has 82 valence electrons. The Morgan fingerprint density at radius 2 is 2.06 bits per heavy atom. The number of carbonyl (C=O) groups is 1. The standard InChI is InChI=1S/C15H11NO/c17-14-9-11-6-5-10-7-8-15(11,16-14)13-4-2-1-3-12(10)13/h1-10H,(H,16,17). The van der Waals surface area contributed by atoms with Crippen LogP contribution in [0.1, 0.15) is 17.0 Å². The van der Waals surface area contributed by atoms with Gasteiger partial charge in [0.15, 0.2) is 0 Å². The van der Waals surface area contributed by atoms with Gasteiger partial charge in [-0.2, -0.15) is 0 Å². The van der Waals surface area contributed by atoms with E-state index in [4.69, 9.17) is 0 Å². The molecule has 5 rings (SSSR count). The summed E-state index contributed by atoms with van der Waals surface area (Å²) in [4.78, 5) is 11.7. The first kappa shape index (κ1) is 8.99. The fraction of sp³-hybridized carbons (Fsp3) is 0.133. The van der Waals surface area contributed by atoms with Crippen LogP contribution in [-0.4, -0.2) is 5.91 Å². The van der Waals surface area contributed by atoms with E-state index in [1.807, 2.05) is 6.07 Å². The van der Waals surface area contributed by atoms with Gasteiger partial charge in [-0.05, 0) is 16.7 Å². The van der Waals surface area contributed by atoms with E-state index in [-0.39, 0.29) is 5.91 Å². The minimum absolute atomic E-state index is 0.00977. The first-order valence-electron chi connectivity index (χ1n) is 5.81. The zero-order chi connectivity index (χ0) is 11.5. The summed E-state index contributed by atoms with van der Waals surface area (Å²) in [6.07, 6.45) is 10.2. The van der Waals surface area contributed by atoms with Crippen LogP contribution in [0.2, 0.25) is 0 Å². The van der Waals surface area contributed by atoms with Crippen molar-refractivity contribution < 1.29 is 4.79 Å². The lowest BCUT2D eigenvalue weighted by Crippen LogP contribution is -2.41. The molecular weight excluding hydrogens is 210 g/mol. The van der Waals surface area contributed by atoms with Crippen molar-refractivity contribution in [2.24, 2.45) is 0 Å². The second kappa shape index (κ2) is 2.77. The molecule has 17 heavy (non-hydrogen) atoms. The Hall–Kier alpha value is -2.09. The zero-order valence-corrected chi connectivity index (χ0v) is 9.18. The fourth-order valence-corrected chi connectivity index (χ4v) is 3.06. The highest BCUT2D eigenvalue weighted by atomic mass is 16.1. The van der Waals surface area contributed by atoms with Crippen molar-refractivity contribution >= 4 is 5.91 Å². The monoisotopic (exact) mass is 221 g/mol. The highest BCUT2D eigenvalue weighted by molar-refractivity contribution is 5.95. The van der Waals surface area contributed by atoms with E-state index in [2.05, 4.69) is 47.8 Å². The molecule has 1 aromatic carbocycles. The second-order valence-electron chi connectivity index (χ2n) is 4.73. The largest absolute Gasteiger partial charge is 0.335 e. The van der Waals surface area contributed by atoms with Crippen molar-refractivity contribution in [3.8, 4) is 0 Å². The maximum absolute atomic E-state index is 11.7. The molecule has 2 bridgehead atoms. The summed E-state index contributed by atoms with van der Waals surface area (Å²) in [5.74, 6) is 0.324. The fourth-order valence-electron chi connectivity index (χ4n) is 3.06. The lowest BCUT2D eigenvalue weighted by Gasteiger charge is -2.33. The van der Waals surface area contributed by atoms with Crippen LogP contribution in [0.3, 0.4) is 0 Å². The van der Waals surface area contributed by atoms with Crippen molar-refractivity contribution in [2.45, 2.75) is 11.5 Å². The number of carbonyl (C=O) groups excluding carboxylic acids is 1. The van der Waals surface area contributed by atoms with Gasteiger partial charge in [0.2, 0.25) is 5.91 Å². The Bertz CT molecular complexity index is 624. The van der Waals surface area contributed by atoms with E-state index in [9.17, 15) is 4.79 Å². The summed E-state index contributed by atoms with van der Waals surface area (Å²) < 4.78 is 0. The third-order valence-corrected chi connectivity index (χ3v) is 3.84. The van der Waals surface area contributed by atoms with Gasteiger partial charge in [0, 0.05) is 12.0 Å². The van der Waals surface area contributed by atoms with Gasteiger partial charge in [-0.15, -0.1) is 0 Å². The normalized spacial score (nSPS) is 31.6. The Labute approximate surface area is 99.3 Å². The summed E-state index contributed by atoms with van der Waals surface area (Å²) in [5, 5.41) is 3.08. The van der Waals surface area contributed by atoms with Crippen LogP contribution in [0.5, 0.6) is 0 Å². The number of rotatable bonds is 0. The molecule has 1 aromatic rings. The van der Waals surface area contributed by atoms with Crippen LogP contribution in [0.15, 0.2) is 60.2 Å². The van der Waals surface area contributed by atoms with Crippen molar-refractivity contribution in [3.05, 3.63) is 71.3 Å². The first-order chi connectivity index (χ1) is 8.29. The third kappa shape index (κ3) is 0.978. The van der Waals surface area contributed by atoms with Crippen LogP contribution in [0.25, 0.3) is 0 Å². The second-order valence-corrected chi connectivity index (χ2v) is 4.73. The van der Waals surface area contributed by atoms with Crippen LogP contribution in [0, 0.1) is 0 Å². The molecule has 1 spiro atoms. The van der Waals surface area contributed by atoms with Crippen molar-refractivity contribution in [1.29, 1.82) is 0 Å². The Morgan fingerprint density at radius 1 is 1.18 bits per heavy atom. The molecule has 2 nitrogen and oxygen atoms in total. The molecule has 4 aliphatic rings. The smallest absolute Gasteiger partial charge is 0.245 e. The maximum atomic E-state index is 11.7. The van der Waals surface area contributed by atoms with Crippen molar-refractivity contribution in [2.75, 3.05) is 0 Å². The van der Waals surface area contributed by atoms with E-state index < -0.39 is 5.54 Å². The van der Waals surface area contributed by atoms with Gasteiger partial charge < -0.3 is 5.32 Å². The van der Waals surface area contributed by atoms with Gasteiger partial charge >= 0.3 is 0 Å². The summed E-state index contributed by atoms with van der Waals surface area (Å²) in [5.41, 5.74) is 3.12. The van der Waals surface area contributed by atoms with Crippen LogP contribution < -0.4 is 5.32 Å². The van der Waals surface area contributed by atoms with Gasteiger partial charge in [-0.25, -0.2) is 0 Å². The zero-order valence-electron chi connectivity index (χ0n) is 9.18. The molecule has 1 aliphatic heterocycles. The number of hydrogen-bond acceptors (Lipinski definition) is 1. The van der Waals surface area contributed by atoms with Gasteiger partial charge in [0.05, 0.1) is 0 Å². The first-order valence-corrected chi connectivity index (χ1v) is 5.81. The Balaban J connectivity index is 2.10. The minimum Gasteiger partial charge on any atom is -0.335 e. The van der Waals surface area contributed by atoms with Gasteiger partial charge in [0.1, 0.15) is 5.54 Å². The molecule has 2 unspecified atom stereocenters. The lowest BCUT2D eigenvalue weighted by atomic mass is 9.77. The molecule has 0 saturated heterocycles. The predicted molar refractivity (Wildman–Crippen MR) is 65.4 cm³/mol. The van der Waals surface area contributed by atoms with Gasteiger partial charge in [0.25, 0.3) is 0 Å². The Morgan fingerprint density at radius 3 is 3.00 bits per heavy atom. The average Bonchev–Trinajstić information content (AvgIpc) is 2.50. The van der Waals surface area contributed by atoms with Crippen LogP contribution >= 0.6 is 0 Å². The number of benzene rings is 1. The van der Waals surface area contributed by atoms with Crippen LogP contribution in [-0.2, 0) is 10.3 Å². The molecule has 1 heterocycles. The summed E-state index contributed by atoms with van der Waals surface area (Å²) in [6, 6.07) is 8.34. The van der Waals surface area contributed by atoms with E-state index in [1.165, 1.54) is 11.1 Å². The number of amides is 1. The molecule has 1 N–H and O–H groups in total. The van der Waals surface area contributed by atoms with Crippen molar-refractivity contribution in [3.63, 3.8) is 0 Å². The highest BCUT2D eigenvalue weighted by Gasteiger charge is 2.44. The molecule has 2 heteroatoms.